The monoisotopic (exact) mass is 547 g/mol. The van der Waals surface area contributed by atoms with Crippen LogP contribution >= 0.6 is 11.3 Å². The summed E-state index contributed by atoms with van der Waals surface area (Å²) in [4.78, 5) is 34.5. The van der Waals surface area contributed by atoms with Crippen LogP contribution in [0.25, 0.3) is 22.4 Å². The number of ether oxygens (including phenoxy) is 1. The van der Waals surface area contributed by atoms with Gasteiger partial charge in [-0.05, 0) is 67.5 Å². The number of carbonyl (C=O) groups is 2. The molecule has 1 aliphatic carbocycles. The normalized spacial score (nSPS) is 17.2. The highest BCUT2D eigenvalue weighted by molar-refractivity contribution is 7.19. The number of carbonyl (C=O) groups excluding carboxylic acids is 1. The molecule has 1 fully saturated rings. The van der Waals surface area contributed by atoms with Crippen molar-refractivity contribution < 1.29 is 19.4 Å². The predicted molar refractivity (Wildman–Crippen MR) is 156 cm³/mol. The zero-order valence-electron chi connectivity index (χ0n) is 23.4. The largest absolute Gasteiger partial charge is 0.465 e. The van der Waals surface area contributed by atoms with Gasteiger partial charge in [-0.15, -0.1) is 11.3 Å². The second-order valence-corrected chi connectivity index (χ2v) is 13.3. The molecule has 3 heterocycles. The first-order chi connectivity index (χ1) is 18.4. The van der Waals surface area contributed by atoms with Crippen LogP contribution < -0.4 is 4.90 Å². The maximum atomic E-state index is 13.2. The van der Waals surface area contributed by atoms with E-state index in [0.29, 0.717) is 26.2 Å². The standard InChI is InChI=1S/C31H37N3O4S/c1-30(2,3)34(29(36)37)19-20-7-6-8-21(15-20)24-16-22(9-10-32-24)26-23-17-31(4,5)18-25(35)27(23)39-28(26)33-11-13-38-14-12-33/h6-10,15-16H,11-14,17-19H2,1-5H3,(H,36,37). The average molecular weight is 548 g/mol. The first-order valence-electron chi connectivity index (χ1n) is 13.5. The molecule has 5 rings (SSSR count). The fraction of sp³-hybridized carbons (Fsp3) is 0.452. The van der Waals surface area contributed by atoms with E-state index in [-0.39, 0.29) is 11.2 Å². The van der Waals surface area contributed by atoms with Gasteiger partial charge >= 0.3 is 6.09 Å². The molecule has 7 nitrogen and oxygen atoms in total. The van der Waals surface area contributed by atoms with Crippen LogP contribution in [0, 0.1) is 5.41 Å². The highest BCUT2D eigenvalue weighted by atomic mass is 32.1. The number of hydrogen-bond acceptors (Lipinski definition) is 6. The number of thiophene rings is 1. The minimum Gasteiger partial charge on any atom is -0.465 e. The minimum atomic E-state index is -0.941. The second-order valence-electron chi connectivity index (χ2n) is 12.3. The van der Waals surface area contributed by atoms with Gasteiger partial charge in [0, 0.05) is 48.9 Å². The number of anilines is 1. The number of amides is 1. The van der Waals surface area contributed by atoms with Gasteiger partial charge < -0.3 is 14.7 Å². The minimum absolute atomic E-state index is 0.0879. The van der Waals surface area contributed by atoms with Crippen LogP contribution in [0.4, 0.5) is 9.80 Å². The summed E-state index contributed by atoms with van der Waals surface area (Å²) >= 11 is 1.63. The van der Waals surface area contributed by atoms with E-state index in [1.165, 1.54) is 4.90 Å². The third kappa shape index (κ3) is 5.72. The maximum absolute atomic E-state index is 13.2. The molecule has 39 heavy (non-hydrogen) atoms. The van der Waals surface area contributed by atoms with Crippen molar-refractivity contribution in [3.05, 3.63) is 58.6 Å². The summed E-state index contributed by atoms with van der Waals surface area (Å²) in [7, 11) is 0. The van der Waals surface area contributed by atoms with Gasteiger partial charge in [-0.2, -0.15) is 0 Å². The number of Topliss-reactive ketones (excluding diaryl/α,β-unsaturated/α-hetero) is 1. The summed E-state index contributed by atoms with van der Waals surface area (Å²) in [6.07, 6.45) is 2.32. The molecule has 2 aliphatic rings. The summed E-state index contributed by atoms with van der Waals surface area (Å²) in [5.41, 5.74) is 5.40. The Bertz CT molecular complexity index is 1400. The van der Waals surface area contributed by atoms with Crippen molar-refractivity contribution in [2.24, 2.45) is 5.41 Å². The second kappa shape index (κ2) is 10.4. The molecule has 2 aromatic heterocycles. The Morgan fingerprint density at radius 3 is 2.56 bits per heavy atom. The van der Waals surface area contributed by atoms with Gasteiger partial charge in [0.2, 0.25) is 0 Å². The molecule has 0 atom stereocenters. The van der Waals surface area contributed by atoms with E-state index in [9.17, 15) is 14.7 Å². The van der Waals surface area contributed by atoms with E-state index in [0.717, 1.165) is 62.9 Å². The van der Waals surface area contributed by atoms with Crippen molar-refractivity contribution in [2.75, 3.05) is 31.2 Å². The molecule has 3 aromatic rings. The van der Waals surface area contributed by atoms with Gasteiger partial charge in [0.15, 0.2) is 5.78 Å². The zero-order valence-corrected chi connectivity index (χ0v) is 24.2. The van der Waals surface area contributed by atoms with Gasteiger partial charge in [-0.3, -0.25) is 14.7 Å². The number of nitrogens with zero attached hydrogens (tertiary/aromatic N) is 3. The van der Waals surface area contributed by atoms with Gasteiger partial charge in [0.1, 0.15) is 0 Å². The Labute approximate surface area is 234 Å². The lowest BCUT2D eigenvalue weighted by Crippen LogP contribution is -2.44. The van der Waals surface area contributed by atoms with E-state index in [4.69, 9.17) is 9.72 Å². The lowest BCUT2D eigenvalue weighted by molar-refractivity contribution is 0.0915. The van der Waals surface area contributed by atoms with E-state index in [1.807, 2.05) is 57.3 Å². The quantitative estimate of drug-likeness (QED) is 0.381. The summed E-state index contributed by atoms with van der Waals surface area (Å²) in [5.74, 6) is 0.232. The summed E-state index contributed by atoms with van der Waals surface area (Å²) < 4.78 is 5.62. The molecule has 1 N–H and O–H groups in total. The van der Waals surface area contributed by atoms with E-state index in [1.54, 1.807) is 11.3 Å². The summed E-state index contributed by atoms with van der Waals surface area (Å²) in [6, 6.07) is 12.1. The molecule has 0 bridgehead atoms. The number of fused-ring (bicyclic) bond motifs is 1. The molecular weight excluding hydrogens is 510 g/mol. The summed E-state index contributed by atoms with van der Waals surface area (Å²) in [5, 5.41) is 10.9. The Balaban J connectivity index is 1.56. The van der Waals surface area contributed by atoms with Crippen molar-refractivity contribution in [2.45, 2.75) is 59.5 Å². The molecule has 1 aromatic carbocycles. The first-order valence-corrected chi connectivity index (χ1v) is 14.3. The number of rotatable bonds is 5. The molecule has 8 heteroatoms. The number of benzene rings is 1. The molecule has 1 amide bonds. The molecule has 1 saturated heterocycles. The van der Waals surface area contributed by atoms with Crippen LogP contribution in [-0.4, -0.2) is 58.7 Å². The van der Waals surface area contributed by atoms with Crippen molar-refractivity contribution >= 4 is 28.2 Å². The smallest absolute Gasteiger partial charge is 0.408 e. The number of hydrogen-bond donors (Lipinski definition) is 1. The highest BCUT2D eigenvalue weighted by Gasteiger charge is 2.37. The van der Waals surface area contributed by atoms with Gasteiger partial charge in [-0.1, -0.05) is 32.0 Å². The third-order valence-electron chi connectivity index (χ3n) is 7.49. The zero-order chi connectivity index (χ0) is 27.9. The van der Waals surface area contributed by atoms with Gasteiger partial charge in [0.05, 0.1) is 28.8 Å². The maximum Gasteiger partial charge on any atom is 0.408 e. The van der Waals surface area contributed by atoms with Crippen LogP contribution in [-0.2, 0) is 17.7 Å². The lowest BCUT2D eigenvalue weighted by Gasteiger charge is -2.33. The fourth-order valence-corrected chi connectivity index (χ4v) is 6.87. The van der Waals surface area contributed by atoms with Crippen LogP contribution in [0.1, 0.15) is 61.8 Å². The molecule has 0 spiro atoms. The van der Waals surface area contributed by atoms with Crippen LogP contribution in [0.5, 0.6) is 0 Å². The van der Waals surface area contributed by atoms with Crippen LogP contribution in [0.3, 0.4) is 0 Å². The Morgan fingerprint density at radius 2 is 1.87 bits per heavy atom. The van der Waals surface area contributed by atoms with Crippen LogP contribution in [0.15, 0.2) is 42.6 Å². The van der Waals surface area contributed by atoms with Crippen molar-refractivity contribution in [3.8, 4) is 22.4 Å². The number of ketones is 1. The average Bonchev–Trinajstić information content (AvgIpc) is 3.26. The molecule has 0 unspecified atom stereocenters. The van der Waals surface area contributed by atoms with E-state index in [2.05, 4.69) is 24.8 Å². The number of pyridine rings is 1. The third-order valence-corrected chi connectivity index (χ3v) is 8.82. The Morgan fingerprint density at radius 1 is 1.13 bits per heavy atom. The SMILES string of the molecule is CC1(C)CC(=O)c2sc(N3CCOCC3)c(-c3ccnc(-c4cccc(CN(C(=O)O)C(C)(C)C)c4)c3)c2C1. The molecular formula is C31H37N3O4S. The molecule has 206 valence electrons. The van der Waals surface area contributed by atoms with E-state index >= 15 is 0 Å². The van der Waals surface area contributed by atoms with Crippen molar-refractivity contribution in [1.29, 1.82) is 0 Å². The van der Waals surface area contributed by atoms with Crippen molar-refractivity contribution in [3.63, 3.8) is 0 Å². The van der Waals surface area contributed by atoms with Crippen LogP contribution in [0.2, 0.25) is 0 Å². The number of aromatic nitrogens is 1. The summed E-state index contributed by atoms with van der Waals surface area (Å²) in [6.45, 7) is 13.3. The predicted octanol–water partition coefficient (Wildman–Crippen LogP) is 6.75. The Hall–Kier alpha value is -3.23. The number of morpholine rings is 1. The molecule has 0 saturated carbocycles. The van der Waals surface area contributed by atoms with E-state index < -0.39 is 11.6 Å². The molecule has 1 aliphatic heterocycles. The van der Waals surface area contributed by atoms with Gasteiger partial charge in [-0.25, -0.2) is 4.79 Å². The highest BCUT2D eigenvalue weighted by Crippen LogP contribution is 2.49. The lowest BCUT2D eigenvalue weighted by atomic mass is 9.75. The topological polar surface area (TPSA) is 83.0 Å². The Kier molecular flexibility index (Phi) is 7.29. The number of carboxylic acid groups (broad SMARTS) is 1. The molecule has 0 radical (unpaired) electrons. The fourth-order valence-electron chi connectivity index (χ4n) is 5.54. The van der Waals surface area contributed by atoms with Crippen molar-refractivity contribution in [1.82, 2.24) is 9.88 Å². The van der Waals surface area contributed by atoms with Gasteiger partial charge in [0.25, 0.3) is 0 Å². The first kappa shape index (κ1) is 27.3.